The fraction of sp³-hybridized carbons (Fsp3) is 1.00. The minimum atomic E-state index is -0.944. The lowest BCUT2D eigenvalue weighted by Gasteiger charge is -2.19. The van der Waals surface area contributed by atoms with E-state index in [1.54, 1.807) is 27.7 Å². The Balaban J connectivity index is 0. The predicted octanol–water partition coefficient (Wildman–Crippen LogP) is 0.137. The maximum absolute atomic E-state index is 8.84. The molecule has 1 atom stereocenters. The summed E-state index contributed by atoms with van der Waals surface area (Å²) >= 11 is 0. The molecule has 3 heteroatoms. The highest BCUT2D eigenvalue weighted by atomic mass is 16.3. The lowest BCUT2D eigenvalue weighted by atomic mass is 10.0. The maximum Gasteiger partial charge on any atom is 0.0846 e. The van der Waals surface area contributed by atoms with Crippen molar-refractivity contribution in [2.24, 2.45) is 0 Å². The van der Waals surface area contributed by atoms with Crippen molar-refractivity contribution in [3.8, 4) is 0 Å². The third-order valence-corrected chi connectivity index (χ3v) is 1.02. The van der Waals surface area contributed by atoms with Crippen LogP contribution in [0.25, 0.3) is 0 Å². The van der Waals surface area contributed by atoms with E-state index in [1.807, 2.05) is 0 Å². The molecule has 3 N–H and O–H groups in total. The van der Waals surface area contributed by atoms with Gasteiger partial charge in [0.1, 0.15) is 0 Å². The molecule has 0 saturated heterocycles. The first kappa shape index (κ1) is 12.5. The van der Waals surface area contributed by atoms with E-state index in [2.05, 4.69) is 0 Å². The van der Waals surface area contributed by atoms with Gasteiger partial charge in [-0.2, -0.15) is 0 Å². The van der Waals surface area contributed by atoms with Crippen LogP contribution in [-0.2, 0) is 0 Å². The Bertz CT molecular complexity index is 63.7. The van der Waals surface area contributed by atoms with Gasteiger partial charge in [0.25, 0.3) is 0 Å². The molecule has 0 bridgehead atoms. The van der Waals surface area contributed by atoms with Crippen LogP contribution in [-0.4, -0.2) is 33.6 Å². The molecule has 1 unspecified atom stereocenters. The first-order valence-electron chi connectivity index (χ1n) is 3.37. The number of hydrogen-bond donors (Lipinski definition) is 3. The molecule has 0 aromatic rings. The molecule has 0 saturated carbocycles. The summed E-state index contributed by atoms with van der Waals surface area (Å²) in [5.41, 5.74) is -0.944. The molecule has 0 heterocycles. The van der Waals surface area contributed by atoms with Crippen molar-refractivity contribution < 1.29 is 15.3 Å². The lowest BCUT2D eigenvalue weighted by molar-refractivity contribution is -0.0375. The van der Waals surface area contributed by atoms with E-state index in [0.717, 1.165) is 0 Å². The smallest absolute Gasteiger partial charge is 0.0846 e. The molecule has 0 aliphatic carbocycles. The molecule has 64 valence electrons. The predicted molar refractivity (Wildman–Crippen MR) is 40.7 cm³/mol. The van der Waals surface area contributed by atoms with E-state index in [1.165, 1.54) is 0 Å². The van der Waals surface area contributed by atoms with Crippen LogP contribution >= 0.6 is 0 Å². The van der Waals surface area contributed by atoms with Crippen molar-refractivity contribution in [2.45, 2.75) is 39.4 Å². The average molecular weight is 150 g/mol. The number of hydrogen-bond acceptors (Lipinski definition) is 3. The van der Waals surface area contributed by atoms with Crippen molar-refractivity contribution in [3.05, 3.63) is 0 Å². The summed E-state index contributed by atoms with van der Waals surface area (Å²) in [6.45, 7) is 6.62. The second kappa shape index (κ2) is 5.65. The summed E-state index contributed by atoms with van der Waals surface area (Å²) in [6, 6.07) is 0. The fourth-order valence-corrected chi connectivity index (χ4v) is 0. The van der Waals surface area contributed by atoms with Crippen LogP contribution in [0.5, 0.6) is 0 Å². The van der Waals surface area contributed by atoms with Gasteiger partial charge in [0.2, 0.25) is 0 Å². The highest BCUT2D eigenvalue weighted by Gasteiger charge is 2.18. The van der Waals surface area contributed by atoms with Crippen molar-refractivity contribution in [3.63, 3.8) is 0 Å². The van der Waals surface area contributed by atoms with Crippen LogP contribution in [0.15, 0.2) is 0 Å². The molecule has 0 rings (SSSR count). The normalized spacial score (nSPS) is 13.5. The Morgan fingerprint density at radius 2 is 1.50 bits per heavy atom. The Hall–Kier alpha value is -0.120. The molecular weight excluding hydrogens is 132 g/mol. The van der Waals surface area contributed by atoms with Gasteiger partial charge in [0.15, 0.2) is 0 Å². The summed E-state index contributed by atoms with van der Waals surface area (Å²) in [5, 5.41) is 25.1. The molecule has 0 radical (unpaired) electrons. The molecular formula is C7H18O3. The SMILES string of the molecule is CC(O)C(C)(C)O.CCO. The van der Waals surface area contributed by atoms with Gasteiger partial charge in [-0.05, 0) is 27.7 Å². The average Bonchev–Trinajstić information content (AvgIpc) is 1.64. The standard InChI is InChI=1S/C5H12O2.C2H6O/c1-4(6)5(2,3)7;1-2-3/h4,6-7H,1-3H3;3H,2H2,1H3. The minimum absolute atomic E-state index is 0.250. The summed E-state index contributed by atoms with van der Waals surface area (Å²) in [5.74, 6) is 0. The van der Waals surface area contributed by atoms with Crippen LogP contribution in [0.2, 0.25) is 0 Å². The molecule has 10 heavy (non-hydrogen) atoms. The van der Waals surface area contributed by atoms with Gasteiger partial charge in [0.05, 0.1) is 11.7 Å². The van der Waals surface area contributed by atoms with Gasteiger partial charge in [-0.15, -0.1) is 0 Å². The van der Waals surface area contributed by atoms with Crippen molar-refractivity contribution >= 4 is 0 Å². The van der Waals surface area contributed by atoms with E-state index in [-0.39, 0.29) is 6.61 Å². The Morgan fingerprint density at radius 3 is 1.50 bits per heavy atom. The quantitative estimate of drug-likeness (QED) is 0.498. The Morgan fingerprint density at radius 1 is 1.40 bits per heavy atom. The van der Waals surface area contributed by atoms with Gasteiger partial charge in [-0.1, -0.05) is 0 Å². The lowest BCUT2D eigenvalue weighted by Crippen LogP contribution is -2.32. The first-order valence-corrected chi connectivity index (χ1v) is 3.37. The summed E-state index contributed by atoms with van der Waals surface area (Å²) < 4.78 is 0. The van der Waals surface area contributed by atoms with Crippen molar-refractivity contribution in [2.75, 3.05) is 6.61 Å². The van der Waals surface area contributed by atoms with Gasteiger partial charge in [0, 0.05) is 6.61 Å². The summed E-state index contributed by atoms with van der Waals surface area (Å²) in [4.78, 5) is 0. The topological polar surface area (TPSA) is 60.7 Å². The Kier molecular flexibility index (Phi) is 7.09. The third-order valence-electron chi connectivity index (χ3n) is 1.02. The Labute approximate surface area is 62.3 Å². The fourth-order valence-electron chi connectivity index (χ4n) is 0. The molecule has 0 aliphatic heterocycles. The zero-order valence-corrected chi connectivity index (χ0v) is 7.13. The first-order chi connectivity index (χ1) is 4.36. The molecule has 3 nitrogen and oxygen atoms in total. The van der Waals surface area contributed by atoms with E-state index in [9.17, 15) is 0 Å². The number of aliphatic hydroxyl groups excluding tert-OH is 2. The molecule has 0 aliphatic rings. The molecule has 0 fully saturated rings. The largest absolute Gasteiger partial charge is 0.397 e. The summed E-state index contributed by atoms with van der Waals surface area (Å²) in [7, 11) is 0. The highest BCUT2D eigenvalue weighted by Crippen LogP contribution is 2.05. The van der Waals surface area contributed by atoms with Gasteiger partial charge in [-0.25, -0.2) is 0 Å². The van der Waals surface area contributed by atoms with Crippen LogP contribution in [0.4, 0.5) is 0 Å². The molecule has 0 aromatic heterocycles. The van der Waals surface area contributed by atoms with Crippen LogP contribution in [0.3, 0.4) is 0 Å². The number of aliphatic hydroxyl groups is 3. The zero-order chi connectivity index (χ0) is 8.78. The second-order valence-electron chi connectivity index (χ2n) is 2.65. The van der Waals surface area contributed by atoms with Crippen molar-refractivity contribution in [1.82, 2.24) is 0 Å². The highest BCUT2D eigenvalue weighted by molar-refractivity contribution is 4.70. The van der Waals surface area contributed by atoms with E-state index in [0.29, 0.717) is 0 Å². The van der Waals surface area contributed by atoms with Gasteiger partial charge < -0.3 is 15.3 Å². The monoisotopic (exact) mass is 150 g/mol. The molecule has 0 amide bonds. The third kappa shape index (κ3) is 10.8. The minimum Gasteiger partial charge on any atom is -0.397 e. The van der Waals surface area contributed by atoms with Gasteiger partial charge >= 0.3 is 0 Å². The summed E-state index contributed by atoms with van der Waals surface area (Å²) in [6.07, 6.45) is -0.646. The van der Waals surface area contributed by atoms with E-state index >= 15 is 0 Å². The zero-order valence-electron chi connectivity index (χ0n) is 7.13. The van der Waals surface area contributed by atoms with Gasteiger partial charge in [-0.3, -0.25) is 0 Å². The van der Waals surface area contributed by atoms with E-state index < -0.39 is 11.7 Å². The molecule has 0 aromatic carbocycles. The van der Waals surface area contributed by atoms with Crippen LogP contribution in [0.1, 0.15) is 27.7 Å². The van der Waals surface area contributed by atoms with Crippen molar-refractivity contribution in [1.29, 1.82) is 0 Å². The van der Waals surface area contributed by atoms with Crippen LogP contribution < -0.4 is 0 Å². The molecule has 0 spiro atoms. The van der Waals surface area contributed by atoms with E-state index in [4.69, 9.17) is 15.3 Å². The number of rotatable bonds is 1. The maximum atomic E-state index is 8.84. The second-order valence-corrected chi connectivity index (χ2v) is 2.65. The van der Waals surface area contributed by atoms with Crippen LogP contribution in [0, 0.1) is 0 Å².